The number of hydrogen-bond acceptors (Lipinski definition) is 4. The molecule has 110 valence electrons. The number of piperidine rings is 1. The average molecular weight is 275 g/mol. The lowest BCUT2D eigenvalue weighted by molar-refractivity contribution is 0.188. The number of ether oxygens (including phenoxy) is 1. The monoisotopic (exact) mass is 275 g/mol. The Balaban J connectivity index is 1.64. The molecule has 4 heteroatoms. The summed E-state index contributed by atoms with van der Waals surface area (Å²) in [6, 6.07) is 4.94. The lowest BCUT2D eigenvalue weighted by Crippen LogP contribution is -2.37. The fraction of sp³-hybridized carbons (Fsp3) is 0.688. The smallest absolute Gasteiger partial charge is 0.217 e. The lowest BCUT2D eigenvalue weighted by atomic mass is 9.97. The topological polar surface area (TPSA) is 37.4 Å². The molecule has 0 amide bonds. The molecule has 0 aromatic carbocycles. The van der Waals surface area contributed by atoms with Crippen molar-refractivity contribution in [3.8, 4) is 5.88 Å². The van der Waals surface area contributed by atoms with Crippen molar-refractivity contribution in [2.24, 2.45) is 5.92 Å². The van der Waals surface area contributed by atoms with Crippen LogP contribution >= 0.6 is 0 Å². The Kier molecular flexibility index (Phi) is 4.53. The molecule has 0 radical (unpaired) electrons. The highest BCUT2D eigenvalue weighted by molar-refractivity contribution is 5.25. The van der Waals surface area contributed by atoms with Gasteiger partial charge in [-0.25, -0.2) is 4.98 Å². The fourth-order valence-corrected chi connectivity index (χ4v) is 3.13. The van der Waals surface area contributed by atoms with E-state index in [1.807, 2.05) is 6.07 Å². The molecule has 1 aromatic rings. The van der Waals surface area contributed by atoms with Gasteiger partial charge in [-0.05, 0) is 50.8 Å². The molecule has 1 saturated carbocycles. The van der Waals surface area contributed by atoms with Crippen molar-refractivity contribution in [1.29, 1.82) is 0 Å². The van der Waals surface area contributed by atoms with Crippen LogP contribution in [0.5, 0.6) is 5.88 Å². The highest BCUT2D eigenvalue weighted by atomic mass is 16.5. The van der Waals surface area contributed by atoms with Gasteiger partial charge in [-0.2, -0.15) is 0 Å². The van der Waals surface area contributed by atoms with Gasteiger partial charge in [0.15, 0.2) is 0 Å². The van der Waals surface area contributed by atoms with Crippen molar-refractivity contribution in [3.05, 3.63) is 23.9 Å². The molecule has 2 aliphatic rings. The minimum Gasteiger partial charge on any atom is -0.481 e. The molecule has 4 nitrogen and oxygen atoms in total. The van der Waals surface area contributed by atoms with Crippen LogP contribution in [0.25, 0.3) is 0 Å². The zero-order chi connectivity index (χ0) is 13.8. The largest absolute Gasteiger partial charge is 0.481 e. The summed E-state index contributed by atoms with van der Waals surface area (Å²) in [6.07, 6.45) is 7.14. The third-order valence-corrected chi connectivity index (χ3v) is 4.43. The second-order valence-electron chi connectivity index (χ2n) is 6.03. The molecule has 0 bridgehead atoms. The van der Waals surface area contributed by atoms with Crippen molar-refractivity contribution in [1.82, 2.24) is 15.2 Å². The first-order valence-electron chi connectivity index (χ1n) is 7.79. The zero-order valence-corrected chi connectivity index (χ0v) is 12.3. The van der Waals surface area contributed by atoms with Gasteiger partial charge in [0, 0.05) is 30.9 Å². The summed E-state index contributed by atoms with van der Waals surface area (Å²) in [7, 11) is 1.71. The van der Waals surface area contributed by atoms with E-state index in [0.29, 0.717) is 0 Å². The molecule has 1 saturated heterocycles. The van der Waals surface area contributed by atoms with Gasteiger partial charge < -0.3 is 10.1 Å². The van der Waals surface area contributed by atoms with Crippen LogP contribution in [0.4, 0.5) is 0 Å². The van der Waals surface area contributed by atoms with Crippen LogP contribution in [0.2, 0.25) is 0 Å². The van der Waals surface area contributed by atoms with Crippen LogP contribution in [0.3, 0.4) is 0 Å². The first kappa shape index (κ1) is 13.8. The number of aromatic nitrogens is 1. The second kappa shape index (κ2) is 6.55. The van der Waals surface area contributed by atoms with Gasteiger partial charge in [-0.15, -0.1) is 0 Å². The van der Waals surface area contributed by atoms with E-state index in [2.05, 4.69) is 21.3 Å². The van der Waals surface area contributed by atoms with Gasteiger partial charge in [0.1, 0.15) is 0 Å². The predicted molar refractivity (Wildman–Crippen MR) is 79.8 cm³/mol. The van der Waals surface area contributed by atoms with Crippen molar-refractivity contribution >= 4 is 0 Å². The van der Waals surface area contributed by atoms with E-state index in [0.717, 1.165) is 24.4 Å². The van der Waals surface area contributed by atoms with Crippen LogP contribution in [-0.4, -0.2) is 42.7 Å². The van der Waals surface area contributed by atoms with Crippen molar-refractivity contribution in [2.45, 2.75) is 38.3 Å². The molecular formula is C16H25N3O. The summed E-state index contributed by atoms with van der Waals surface area (Å²) in [4.78, 5) is 6.97. The third-order valence-electron chi connectivity index (χ3n) is 4.43. The maximum atomic E-state index is 5.39. The number of pyridine rings is 1. The van der Waals surface area contributed by atoms with Gasteiger partial charge in [0.05, 0.1) is 7.11 Å². The quantitative estimate of drug-likeness (QED) is 0.862. The van der Waals surface area contributed by atoms with Crippen molar-refractivity contribution in [2.75, 3.05) is 26.7 Å². The molecule has 0 atom stereocenters. The highest BCUT2D eigenvalue weighted by Gasteiger charge is 2.31. The molecule has 1 aromatic heterocycles. The Morgan fingerprint density at radius 2 is 2.10 bits per heavy atom. The van der Waals surface area contributed by atoms with E-state index >= 15 is 0 Å². The Labute approximate surface area is 121 Å². The molecule has 0 spiro atoms. The van der Waals surface area contributed by atoms with Gasteiger partial charge in [0.25, 0.3) is 0 Å². The van der Waals surface area contributed by atoms with E-state index in [9.17, 15) is 0 Å². The van der Waals surface area contributed by atoms with Gasteiger partial charge in [-0.1, -0.05) is 6.07 Å². The molecule has 2 heterocycles. The number of hydrogen-bond donors (Lipinski definition) is 1. The normalized spacial score (nSPS) is 20.3. The maximum absolute atomic E-state index is 5.39. The van der Waals surface area contributed by atoms with Gasteiger partial charge in [-0.3, -0.25) is 4.90 Å². The molecule has 0 unspecified atom stereocenters. The lowest BCUT2D eigenvalue weighted by Gasteiger charge is -2.30. The zero-order valence-electron chi connectivity index (χ0n) is 12.3. The van der Waals surface area contributed by atoms with E-state index in [4.69, 9.17) is 4.74 Å². The van der Waals surface area contributed by atoms with E-state index in [-0.39, 0.29) is 0 Å². The number of nitrogens with one attached hydrogen (secondary N) is 1. The molecule has 1 aliphatic carbocycles. The first-order chi connectivity index (χ1) is 9.86. The molecule has 20 heavy (non-hydrogen) atoms. The molecule has 1 aliphatic heterocycles. The summed E-state index contributed by atoms with van der Waals surface area (Å²) < 4.78 is 5.39. The van der Waals surface area contributed by atoms with E-state index < -0.39 is 0 Å². The summed E-state index contributed by atoms with van der Waals surface area (Å²) in [5.74, 6) is 1.63. The van der Waals surface area contributed by atoms with Crippen molar-refractivity contribution < 1.29 is 4.74 Å². The van der Waals surface area contributed by atoms with Crippen LogP contribution in [-0.2, 0) is 6.54 Å². The van der Waals surface area contributed by atoms with Crippen LogP contribution in [0.15, 0.2) is 18.3 Å². The molecule has 1 N–H and O–H groups in total. The minimum absolute atomic E-state index is 0.781. The SMILES string of the molecule is COc1ncccc1CN(CC1CCNCC1)C1CC1. The predicted octanol–water partition coefficient (Wildman–Crippen LogP) is 2.05. The summed E-state index contributed by atoms with van der Waals surface area (Å²) in [5, 5.41) is 3.45. The maximum Gasteiger partial charge on any atom is 0.217 e. The van der Waals surface area contributed by atoms with Gasteiger partial charge in [0.2, 0.25) is 5.88 Å². The Morgan fingerprint density at radius 3 is 2.80 bits per heavy atom. The highest BCUT2D eigenvalue weighted by Crippen LogP contribution is 2.31. The number of nitrogens with zero attached hydrogens (tertiary/aromatic N) is 2. The Hall–Kier alpha value is -1.13. The Bertz CT molecular complexity index is 427. The fourth-order valence-electron chi connectivity index (χ4n) is 3.13. The van der Waals surface area contributed by atoms with Crippen LogP contribution in [0.1, 0.15) is 31.2 Å². The van der Waals surface area contributed by atoms with Crippen LogP contribution in [0, 0.1) is 5.92 Å². The van der Waals surface area contributed by atoms with E-state index in [1.54, 1.807) is 13.3 Å². The summed E-state index contributed by atoms with van der Waals surface area (Å²) in [6.45, 7) is 4.56. The Morgan fingerprint density at radius 1 is 1.30 bits per heavy atom. The summed E-state index contributed by atoms with van der Waals surface area (Å²) in [5.41, 5.74) is 1.22. The first-order valence-corrected chi connectivity index (χ1v) is 7.79. The molecule has 3 rings (SSSR count). The molecular weight excluding hydrogens is 250 g/mol. The standard InChI is InChI=1S/C16H25N3O/c1-20-16-14(3-2-8-18-16)12-19(15-4-5-15)11-13-6-9-17-10-7-13/h2-3,8,13,15,17H,4-7,9-12H2,1H3. The van der Waals surface area contributed by atoms with Crippen LogP contribution < -0.4 is 10.1 Å². The van der Waals surface area contributed by atoms with E-state index in [1.165, 1.54) is 50.9 Å². The molecule has 2 fully saturated rings. The van der Waals surface area contributed by atoms with Crippen molar-refractivity contribution in [3.63, 3.8) is 0 Å². The number of rotatable bonds is 6. The third kappa shape index (κ3) is 3.49. The number of methoxy groups -OCH3 is 1. The second-order valence-corrected chi connectivity index (χ2v) is 6.03. The summed E-state index contributed by atoms with van der Waals surface area (Å²) >= 11 is 0. The average Bonchev–Trinajstić information content (AvgIpc) is 3.33. The minimum atomic E-state index is 0.781. The van der Waals surface area contributed by atoms with Gasteiger partial charge >= 0.3 is 0 Å².